The van der Waals surface area contributed by atoms with Crippen LogP contribution in [0, 0.1) is 0 Å². The first-order valence-electron chi connectivity index (χ1n) is 7.14. The largest absolute Gasteiger partial charge is 0.335 e. The maximum Gasteiger partial charge on any atom is 0.334 e. The number of hydrogen-bond donors (Lipinski definition) is 1. The first-order chi connectivity index (χ1) is 11.7. The Balaban J connectivity index is 1.93. The molecule has 0 spiro atoms. The lowest BCUT2D eigenvalue weighted by atomic mass is 10.3. The van der Waals surface area contributed by atoms with E-state index in [4.69, 9.17) is 11.6 Å². The van der Waals surface area contributed by atoms with Crippen LogP contribution >= 0.6 is 11.6 Å². The van der Waals surface area contributed by atoms with Gasteiger partial charge in [-0.3, -0.25) is 24.1 Å². The monoisotopic (exact) mass is 366 g/mol. The number of likely N-dealkylation sites (N-methyl/N-ethyl adjacent to an activating group) is 2. The molecule has 1 fully saturated rings. The molecule has 1 saturated heterocycles. The van der Waals surface area contributed by atoms with Gasteiger partial charge in [0.2, 0.25) is 11.8 Å². The quantitative estimate of drug-likeness (QED) is 0.590. The molecule has 1 aliphatic heterocycles. The Morgan fingerprint density at radius 2 is 1.80 bits per heavy atom. The third-order valence-corrected chi connectivity index (χ3v) is 3.83. The van der Waals surface area contributed by atoms with Gasteiger partial charge in [-0.15, -0.1) is 0 Å². The summed E-state index contributed by atoms with van der Waals surface area (Å²) in [5, 5.41) is 2.89. The van der Waals surface area contributed by atoms with Gasteiger partial charge in [-0.2, -0.15) is 0 Å². The van der Waals surface area contributed by atoms with Crippen LogP contribution in [-0.4, -0.2) is 71.5 Å². The zero-order valence-corrected chi connectivity index (χ0v) is 14.2. The molecule has 0 radical (unpaired) electrons. The average molecular weight is 367 g/mol. The van der Waals surface area contributed by atoms with E-state index in [1.807, 2.05) is 0 Å². The summed E-state index contributed by atoms with van der Waals surface area (Å²) in [4.78, 5) is 61.0. The van der Waals surface area contributed by atoms with E-state index in [-0.39, 0.29) is 6.54 Å². The van der Waals surface area contributed by atoms with Gasteiger partial charge in [0, 0.05) is 14.1 Å². The fourth-order valence-corrected chi connectivity index (χ4v) is 2.25. The average Bonchev–Trinajstić information content (AvgIpc) is 2.74. The van der Waals surface area contributed by atoms with Gasteiger partial charge < -0.3 is 10.2 Å². The summed E-state index contributed by atoms with van der Waals surface area (Å²) in [5.74, 6) is -3.25. The van der Waals surface area contributed by atoms with Crippen LogP contribution in [0.3, 0.4) is 0 Å². The van der Waals surface area contributed by atoms with Crippen LogP contribution < -0.4 is 5.32 Å². The van der Waals surface area contributed by atoms with Crippen molar-refractivity contribution in [1.82, 2.24) is 14.7 Å². The molecule has 0 bridgehead atoms. The van der Waals surface area contributed by atoms with Gasteiger partial charge in [-0.1, -0.05) is 23.7 Å². The highest BCUT2D eigenvalue weighted by molar-refractivity contribution is 6.44. The van der Waals surface area contributed by atoms with Crippen molar-refractivity contribution in [2.24, 2.45) is 0 Å². The second kappa shape index (κ2) is 7.31. The van der Waals surface area contributed by atoms with E-state index >= 15 is 0 Å². The van der Waals surface area contributed by atoms with Crippen molar-refractivity contribution in [3.05, 3.63) is 29.3 Å². The predicted molar refractivity (Wildman–Crippen MR) is 87.6 cm³/mol. The minimum absolute atomic E-state index is 0.315. The molecule has 10 heteroatoms. The number of para-hydroxylation sites is 1. The second-order valence-corrected chi connectivity index (χ2v) is 5.72. The topological polar surface area (TPSA) is 107 Å². The van der Waals surface area contributed by atoms with E-state index in [1.54, 1.807) is 24.3 Å². The van der Waals surface area contributed by atoms with Gasteiger partial charge in [0.25, 0.3) is 0 Å². The van der Waals surface area contributed by atoms with Gasteiger partial charge in [-0.25, -0.2) is 9.69 Å². The summed E-state index contributed by atoms with van der Waals surface area (Å²) in [7, 11) is 2.48. The van der Waals surface area contributed by atoms with Crippen molar-refractivity contribution in [3.8, 4) is 0 Å². The Hall–Kier alpha value is -2.94. The zero-order chi connectivity index (χ0) is 18.7. The van der Waals surface area contributed by atoms with E-state index in [0.717, 1.165) is 11.9 Å². The van der Waals surface area contributed by atoms with Crippen molar-refractivity contribution in [2.45, 2.75) is 0 Å². The Labute approximate surface area is 148 Å². The fraction of sp³-hybridized carbons (Fsp3) is 0.267. The molecule has 1 heterocycles. The number of halogens is 1. The van der Waals surface area contributed by atoms with Crippen LogP contribution in [0.2, 0.25) is 5.02 Å². The summed E-state index contributed by atoms with van der Waals surface area (Å²) in [6.45, 7) is -0.937. The highest BCUT2D eigenvalue weighted by Crippen LogP contribution is 2.20. The van der Waals surface area contributed by atoms with Gasteiger partial charge in [0.05, 0.1) is 17.3 Å². The minimum atomic E-state index is -1.07. The third-order valence-electron chi connectivity index (χ3n) is 3.50. The third kappa shape index (κ3) is 3.94. The Morgan fingerprint density at radius 1 is 1.16 bits per heavy atom. The molecular formula is C15H15ClN4O5. The Morgan fingerprint density at radius 3 is 2.36 bits per heavy atom. The Kier molecular flexibility index (Phi) is 5.38. The second-order valence-electron chi connectivity index (χ2n) is 5.32. The molecule has 1 N–H and O–H groups in total. The lowest BCUT2D eigenvalue weighted by Gasteiger charge is -2.19. The van der Waals surface area contributed by atoms with Gasteiger partial charge in [0.15, 0.2) is 0 Å². The van der Waals surface area contributed by atoms with E-state index in [1.165, 1.54) is 7.05 Å². The van der Waals surface area contributed by atoms with Crippen LogP contribution in [0.15, 0.2) is 24.3 Å². The standard InChI is InChI=1S/C15H15ClN4O5/c1-18(7-11(21)17-10-6-4-3-5-9(10)16)12(22)8-20-14(24)13(23)19(2)15(20)25/h3-6H,7-8H2,1-2H3,(H,17,21). The molecule has 0 atom stereocenters. The van der Waals surface area contributed by atoms with Crippen molar-refractivity contribution in [2.75, 3.05) is 32.5 Å². The maximum absolute atomic E-state index is 12.1. The minimum Gasteiger partial charge on any atom is -0.335 e. The van der Waals surface area contributed by atoms with Crippen LogP contribution in [0.1, 0.15) is 0 Å². The predicted octanol–water partition coefficient (Wildman–Crippen LogP) is 0.157. The number of carbonyl (C=O) groups is 5. The van der Waals surface area contributed by atoms with Crippen LogP contribution in [0.5, 0.6) is 0 Å². The van der Waals surface area contributed by atoms with E-state index in [0.29, 0.717) is 20.5 Å². The van der Waals surface area contributed by atoms with Gasteiger partial charge in [0.1, 0.15) is 6.54 Å². The van der Waals surface area contributed by atoms with E-state index < -0.39 is 36.2 Å². The number of anilines is 1. The molecule has 2 rings (SSSR count). The summed E-state index contributed by atoms with van der Waals surface area (Å²) >= 11 is 5.93. The molecule has 9 nitrogen and oxygen atoms in total. The molecule has 0 aromatic heterocycles. The molecule has 0 saturated carbocycles. The highest BCUT2D eigenvalue weighted by atomic mass is 35.5. The normalized spacial score (nSPS) is 14.1. The number of benzene rings is 1. The highest BCUT2D eigenvalue weighted by Gasteiger charge is 2.43. The molecule has 1 aromatic rings. The smallest absolute Gasteiger partial charge is 0.334 e. The lowest BCUT2D eigenvalue weighted by Crippen LogP contribution is -2.44. The van der Waals surface area contributed by atoms with Crippen molar-refractivity contribution in [3.63, 3.8) is 0 Å². The van der Waals surface area contributed by atoms with Gasteiger partial charge >= 0.3 is 17.8 Å². The summed E-state index contributed by atoms with van der Waals surface area (Å²) < 4.78 is 0. The summed E-state index contributed by atoms with van der Waals surface area (Å²) in [5.41, 5.74) is 0.395. The number of rotatable bonds is 5. The van der Waals surface area contributed by atoms with Crippen LogP contribution in [0.25, 0.3) is 0 Å². The molecule has 6 amide bonds. The van der Waals surface area contributed by atoms with Crippen LogP contribution in [-0.2, 0) is 19.2 Å². The fourth-order valence-electron chi connectivity index (χ4n) is 2.07. The number of carbonyl (C=O) groups excluding carboxylic acids is 5. The number of nitrogens with zero attached hydrogens (tertiary/aromatic N) is 3. The van der Waals surface area contributed by atoms with Crippen molar-refractivity contribution in [1.29, 1.82) is 0 Å². The molecule has 1 aromatic carbocycles. The van der Waals surface area contributed by atoms with Crippen LogP contribution in [0.4, 0.5) is 10.5 Å². The molecule has 0 aliphatic carbocycles. The van der Waals surface area contributed by atoms with Crippen molar-refractivity contribution < 1.29 is 24.0 Å². The van der Waals surface area contributed by atoms with E-state index in [2.05, 4.69) is 5.32 Å². The number of nitrogens with one attached hydrogen (secondary N) is 1. The first-order valence-corrected chi connectivity index (χ1v) is 7.52. The zero-order valence-electron chi connectivity index (χ0n) is 13.5. The molecule has 25 heavy (non-hydrogen) atoms. The SMILES string of the molecule is CN(CC(=O)Nc1ccccc1Cl)C(=O)CN1C(=O)C(=O)N(C)C1=O. The summed E-state index contributed by atoms with van der Waals surface area (Å²) in [6, 6.07) is 5.72. The maximum atomic E-state index is 12.1. The molecule has 1 aliphatic rings. The number of amides is 6. The molecule has 0 unspecified atom stereocenters. The number of hydrogen-bond acceptors (Lipinski definition) is 5. The van der Waals surface area contributed by atoms with E-state index in [9.17, 15) is 24.0 Å². The number of urea groups is 1. The van der Waals surface area contributed by atoms with Gasteiger partial charge in [-0.05, 0) is 12.1 Å². The Bertz CT molecular complexity index is 766. The molecular weight excluding hydrogens is 352 g/mol. The van der Waals surface area contributed by atoms with Crippen molar-refractivity contribution >= 4 is 46.9 Å². The molecule has 132 valence electrons. The summed E-state index contributed by atoms with van der Waals surface area (Å²) in [6.07, 6.45) is 0. The number of imide groups is 2. The first kappa shape index (κ1) is 18.4. The lowest BCUT2D eigenvalue weighted by molar-refractivity contribution is -0.144.